The fraction of sp³-hybridized carbons (Fsp3) is 0.200. The van der Waals surface area contributed by atoms with E-state index in [4.69, 9.17) is 0 Å². The number of nitrogens with zero attached hydrogens (tertiary/aromatic N) is 2. The summed E-state index contributed by atoms with van der Waals surface area (Å²) in [4.78, 5) is 10.1. The van der Waals surface area contributed by atoms with E-state index >= 15 is 0 Å². The number of para-hydroxylation sites is 1. The lowest BCUT2D eigenvalue weighted by molar-refractivity contribution is -0.387. The van der Waals surface area contributed by atoms with Crippen molar-refractivity contribution in [1.82, 2.24) is 0 Å². The van der Waals surface area contributed by atoms with Gasteiger partial charge in [-0.15, -0.1) is 0 Å². The summed E-state index contributed by atoms with van der Waals surface area (Å²) in [6.45, 7) is 3.71. The van der Waals surface area contributed by atoms with Crippen LogP contribution in [0.15, 0.2) is 47.4 Å². The molecule has 7 heteroatoms. The quantitative estimate of drug-likeness (QED) is 0.640. The molecule has 0 amide bonds. The lowest BCUT2D eigenvalue weighted by atomic mass is 10.1. The van der Waals surface area contributed by atoms with Gasteiger partial charge in [-0.3, -0.25) is 14.4 Å². The van der Waals surface area contributed by atoms with E-state index in [1.807, 2.05) is 13.0 Å². The molecule has 0 bridgehead atoms. The summed E-state index contributed by atoms with van der Waals surface area (Å²) < 4.78 is 26.5. The summed E-state index contributed by atoms with van der Waals surface area (Å²) in [6, 6.07) is 10.7. The molecule has 2 rings (SSSR count). The van der Waals surface area contributed by atoms with E-state index in [2.05, 4.69) is 0 Å². The second kappa shape index (κ2) is 5.76. The van der Waals surface area contributed by atoms with Gasteiger partial charge in [0, 0.05) is 13.1 Å². The zero-order chi connectivity index (χ0) is 16.5. The molecule has 0 aliphatic rings. The van der Waals surface area contributed by atoms with Crippen LogP contribution in [0, 0.1) is 24.0 Å². The average molecular weight is 320 g/mol. The van der Waals surface area contributed by atoms with Crippen LogP contribution in [0.4, 0.5) is 11.4 Å². The monoisotopic (exact) mass is 320 g/mol. The van der Waals surface area contributed by atoms with Crippen molar-refractivity contribution in [3.05, 3.63) is 63.7 Å². The highest BCUT2D eigenvalue weighted by molar-refractivity contribution is 7.93. The van der Waals surface area contributed by atoms with E-state index in [1.54, 1.807) is 19.1 Å². The van der Waals surface area contributed by atoms with Crippen LogP contribution in [-0.2, 0) is 10.0 Å². The number of hydrogen-bond acceptors (Lipinski definition) is 4. The van der Waals surface area contributed by atoms with Gasteiger partial charge < -0.3 is 0 Å². The third-order valence-corrected chi connectivity index (χ3v) is 5.21. The molecule has 0 spiro atoms. The topological polar surface area (TPSA) is 80.5 Å². The van der Waals surface area contributed by atoms with Gasteiger partial charge in [0.15, 0.2) is 4.90 Å². The third kappa shape index (κ3) is 2.80. The van der Waals surface area contributed by atoms with Crippen molar-refractivity contribution in [1.29, 1.82) is 0 Å². The molecule has 0 saturated heterocycles. The van der Waals surface area contributed by atoms with Gasteiger partial charge in [-0.1, -0.05) is 29.8 Å². The number of hydrogen-bond donors (Lipinski definition) is 0. The Morgan fingerprint density at radius 3 is 2.32 bits per heavy atom. The minimum absolute atomic E-state index is 0.317. The Balaban J connectivity index is 2.58. The normalized spacial score (nSPS) is 11.2. The molecule has 0 heterocycles. The van der Waals surface area contributed by atoms with Gasteiger partial charge in [-0.25, -0.2) is 8.42 Å². The molecule has 0 atom stereocenters. The predicted molar refractivity (Wildman–Crippen MR) is 84.6 cm³/mol. The van der Waals surface area contributed by atoms with Crippen LogP contribution < -0.4 is 4.31 Å². The van der Waals surface area contributed by atoms with Crippen LogP contribution in [0.3, 0.4) is 0 Å². The first-order chi connectivity index (χ1) is 10.2. The standard InChI is InChI=1S/C15H16N2O4S/c1-11-8-9-13(12(2)10-11)16(3)22(20,21)15-7-5-4-6-14(15)17(18)19/h4-10H,1-3H3. The number of benzene rings is 2. The van der Waals surface area contributed by atoms with E-state index < -0.39 is 20.6 Å². The molecule has 0 fully saturated rings. The van der Waals surface area contributed by atoms with E-state index in [1.165, 1.54) is 31.3 Å². The van der Waals surface area contributed by atoms with Gasteiger partial charge in [0.2, 0.25) is 0 Å². The van der Waals surface area contributed by atoms with Gasteiger partial charge >= 0.3 is 0 Å². The number of sulfonamides is 1. The molecule has 0 N–H and O–H groups in total. The Hall–Kier alpha value is -2.41. The Kier molecular flexibility index (Phi) is 4.18. The van der Waals surface area contributed by atoms with Crippen molar-refractivity contribution in [2.24, 2.45) is 0 Å². The van der Waals surface area contributed by atoms with Crippen molar-refractivity contribution in [3.8, 4) is 0 Å². The lowest BCUT2D eigenvalue weighted by Gasteiger charge is -2.21. The van der Waals surface area contributed by atoms with Crippen molar-refractivity contribution in [3.63, 3.8) is 0 Å². The van der Waals surface area contributed by atoms with E-state index in [9.17, 15) is 18.5 Å². The number of aryl methyl sites for hydroxylation is 2. The molecule has 116 valence electrons. The minimum Gasteiger partial charge on any atom is -0.269 e. The first-order valence-corrected chi connectivity index (χ1v) is 7.99. The Morgan fingerprint density at radius 1 is 1.09 bits per heavy atom. The van der Waals surface area contributed by atoms with Gasteiger partial charge in [0.05, 0.1) is 10.6 Å². The van der Waals surface area contributed by atoms with Crippen molar-refractivity contribution >= 4 is 21.4 Å². The Morgan fingerprint density at radius 2 is 1.73 bits per heavy atom. The van der Waals surface area contributed by atoms with Gasteiger partial charge in [0.25, 0.3) is 15.7 Å². The number of nitro benzene ring substituents is 1. The Bertz CT molecular complexity index is 831. The summed E-state index contributed by atoms with van der Waals surface area (Å²) >= 11 is 0. The zero-order valence-corrected chi connectivity index (χ0v) is 13.3. The van der Waals surface area contributed by atoms with Crippen LogP contribution in [-0.4, -0.2) is 20.4 Å². The highest BCUT2D eigenvalue weighted by Crippen LogP contribution is 2.30. The minimum atomic E-state index is -4.01. The van der Waals surface area contributed by atoms with E-state index in [0.717, 1.165) is 15.4 Å². The van der Waals surface area contributed by atoms with E-state index in [-0.39, 0.29) is 4.90 Å². The molecular formula is C15H16N2O4S. The summed E-state index contributed by atoms with van der Waals surface area (Å²) in [5, 5.41) is 11.1. The average Bonchev–Trinajstić information content (AvgIpc) is 2.46. The number of nitro groups is 1. The largest absolute Gasteiger partial charge is 0.289 e. The fourth-order valence-electron chi connectivity index (χ4n) is 2.26. The highest BCUT2D eigenvalue weighted by Gasteiger charge is 2.29. The van der Waals surface area contributed by atoms with Crippen molar-refractivity contribution < 1.29 is 13.3 Å². The van der Waals surface area contributed by atoms with Gasteiger partial charge in [0.1, 0.15) is 0 Å². The van der Waals surface area contributed by atoms with Crippen molar-refractivity contribution in [2.45, 2.75) is 18.7 Å². The summed E-state index contributed by atoms with van der Waals surface area (Å²) in [7, 11) is -2.62. The van der Waals surface area contributed by atoms with Crippen LogP contribution in [0.25, 0.3) is 0 Å². The Labute approximate surface area is 129 Å². The smallest absolute Gasteiger partial charge is 0.269 e. The molecule has 6 nitrogen and oxygen atoms in total. The maximum absolute atomic E-state index is 12.7. The maximum Gasteiger partial charge on any atom is 0.289 e. The second-order valence-corrected chi connectivity index (χ2v) is 6.92. The molecule has 2 aromatic rings. The number of rotatable bonds is 4. The highest BCUT2D eigenvalue weighted by atomic mass is 32.2. The predicted octanol–water partition coefficient (Wildman–Crippen LogP) is 3.04. The summed E-state index contributed by atoms with van der Waals surface area (Å²) in [5.41, 5.74) is 1.85. The van der Waals surface area contributed by atoms with Gasteiger partial charge in [-0.05, 0) is 31.5 Å². The number of anilines is 1. The van der Waals surface area contributed by atoms with Crippen molar-refractivity contribution in [2.75, 3.05) is 11.4 Å². The SMILES string of the molecule is Cc1ccc(N(C)S(=O)(=O)c2ccccc2[N+](=O)[O-])c(C)c1. The molecular weight excluding hydrogens is 304 g/mol. The van der Waals surface area contributed by atoms with Crippen LogP contribution in [0.1, 0.15) is 11.1 Å². The van der Waals surface area contributed by atoms with Crippen LogP contribution in [0.2, 0.25) is 0 Å². The van der Waals surface area contributed by atoms with Gasteiger partial charge in [-0.2, -0.15) is 0 Å². The lowest BCUT2D eigenvalue weighted by Crippen LogP contribution is -2.27. The molecule has 0 aliphatic heterocycles. The van der Waals surface area contributed by atoms with E-state index in [0.29, 0.717) is 5.69 Å². The molecule has 2 aromatic carbocycles. The third-order valence-electron chi connectivity index (χ3n) is 3.39. The molecule has 0 aromatic heterocycles. The zero-order valence-electron chi connectivity index (χ0n) is 12.5. The first-order valence-electron chi connectivity index (χ1n) is 6.54. The summed E-state index contributed by atoms with van der Waals surface area (Å²) in [6.07, 6.45) is 0. The van der Waals surface area contributed by atoms with Crippen LogP contribution >= 0.6 is 0 Å². The molecule has 22 heavy (non-hydrogen) atoms. The second-order valence-electron chi connectivity index (χ2n) is 4.99. The molecule has 0 unspecified atom stereocenters. The summed E-state index contributed by atoms with van der Waals surface area (Å²) in [5.74, 6) is 0. The molecule has 0 saturated carbocycles. The first kappa shape index (κ1) is 16.0. The maximum atomic E-state index is 12.7. The fourth-order valence-corrected chi connectivity index (χ4v) is 3.68. The van der Waals surface area contributed by atoms with Crippen LogP contribution in [0.5, 0.6) is 0 Å². The molecule has 0 aliphatic carbocycles. The molecule has 0 radical (unpaired) electrons.